The average Bonchev–Trinajstić information content (AvgIpc) is 3.26. The second-order valence-corrected chi connectivity index (χ2v) is 5.96. The minimum atomic E-state index is -0.517. The molecule has 0 atom stereocenters. The summed E-state index contributed by atoms with van der Waals surface area (Å²) in [6, 6.07) is 7.24. The zero-order valence-corrected chi connectivity index (χ0v) is 12.7. The van der Waals surface area contributed by atoms with Gasteiger partial charge in [-0.25, -0.2) is 13.9 Å². The molecule has 1 aromatic carbocycles. The van der Waals surface area contributed by atoms with Gasteiger partial charge in [-0.2, -0.15) is 5.10 Å². The number of hydrogen-bond donors (Lipinski definition) is 1. The van der Waals surface area contributed by atoms with Crippen molar-refractivity contribution in [1.82, 2.24) is 19.9 Å². The fraction of sp³-hybridized carbons (Fsp3) is 0.188. The lowest BCUT2D eigenvalue weighted by Gasteiger charge is -2.04. The van der Waals surface area contributed by atoms with Crippen molar-refractivity contribution in [2.45, 2.75) is 18.9 Å². The lowest BCUT2D eigenvalue weighted by molar-refractivity contribution is 0.0946. The summed E-state index contributed by atoms with van der Waals surface area (Å²) in [7, 11) is 0. The number of halogens is 2. The summed E-state index contributed by atoms with van der Waals surface area (Å²) in [4.78, 5) is 16.6. The van der Waals surface area contributed by atoms with Crippen LogP contribution >= 0.6 is 11.6 Å². The van der Waals surface area contributed by atoms with Crippen molar-refractivity contribution in [2.75, 3.05) is 0 Å². The van der Waals surface area contributed by atoms with Crippen LogP contribution in [0.2, 0.25) is 5.02 Å². The summed E-state index contributed by atoms with van der Waals surface area (Å²) in [6.45, 7) is 0. The standard InChI is InChI=1S/C16H12ClFN4O/c17-10-3-1-9(2-4-10)13-14(16(23)20-12-5-6-12)21-22-8-11(18)7-19-15(13)22/h1-4,7-8,12H,5-6H2,(H,20,23). The predicted octanol–water partition coefficient (Wildman–Crippen LogP) is 3.08. The second kappa shape index (κ2) is 5.31. The third-order valence-corrected chi connectivity index (χ3v) is 3.95. The van der Waals surface area contributed by atoms with E-state index in [-0.39, 0.29) is 17.6 Å². The number of benzene rings is 1. The Morgan fingerprint density at radius 2 is 2.04 bits per heavy atom. The Morgan fingerprint density at radius 1 is 1.30 bits per heavy atom. The van der Waals surface area contributed by atoms with Gasteiger partial charge in [0, 0.05) is 11.1 Å². The first-order chi connectivity index (χ1) is 11.1. The molecule has 1 aliphatic rings. The molecule has 1 aliphatic carbocycles. The highest BCUT2D eigenvalue weighted by Gasteiger charge is 2.28. The number of rotatable bonds is 3. The zero-order chi connectivity index (χ0) is 16.0. The molecular formula is C16H12ClFN4O. The highest BCUT2D eigenvalue weighted by Crippen LogP contribution is 2.29. The number of nitrogens with one attached hydrogen (secondary N) is 1. The molecule has 0 bridgehead atoms. The molecular weight excluding hydrogens is 319 g/mol. The molecule has 2 heterocycles. The third-order valence-electron chi connectivity index (χ3n) is 3.70. The van der Waals surface area contributed by atoms with E-state index in [1.54, 1.807) is 24.3 Å². The van der Waals surface area contributed by atoms with Crippen molar-refractivity contribution < 1.29 is 9.18 Å². The van der Waals surface area contributed by atoms with Crippen LogP contribution in [0.1, 0.15) is 23.3 Å². The molecule has 0 unspecified atom stereocenters. The number of carbonyl (C=O) groups is 1. The number of amides is 1. The van der Waals surface area contributed by atoms with Crippen LogP contribution in [0.25, 0.3) is 16.8 Å². The molecule has 2 aromatic heterocycles. The topological polar surface area (TPSA) is 59.3 Å². The molecule has 1 amide bonds. The van der Waals surface area contributed by atoms with E-state index < -0.39 is 5.82 Å². The monoisotopic (exact) mass is 330 g/mol. The van der Waals surface area contributed by atoms with Crippen LogP contribution in [0.4, 0.5) is 4.39 Å². The lowest BCUT2D eigenvalue weighted by atomic mass is 10.1. The summed E-state index contributed by atoms with van der Waals surface area (Å²) in [5.41, 5.74) is 1.98. The first kappa shape index (κ1) is 14.1. The van der Waals surface area contributed by atoms with Gasteiger partial charge in [0.2, 0.25) is 0 Å². The average molecular weight is 331 g/mol. The first-order valence-electron chi connectivity index (χ1n) is 7.22. The highest BCUT2D eigenvalue weighted by molar-refractivity contribution is 6.30. The van der Waals surface area contributed by atoms with E-state index in [2.05, 4.69) is 15.4 Å². The van der Waals surface area contributed by atoms with E-state index in [1.165, 1.54) is 10.7 Å². The maximum Gasteiger partial charge on any atom is 0.272 e. The van der Waals surface area contributed by atoms with Gasteiger partial charge in [-0.1, -0.05) is 23.7 Å². The maximum atomic E-state index is 13.4. The Morgan fingerprint density at radius 3 is 2.74 bits per heavy atom. The smallest absolute Gasteiger partial charge is 0.272 e. The normalized spacial score (nSPS) is 14.2. The Hall–Kier alpha value is -2.47. The van der Waals surface area contributed by atoms with Crippen LogP contribution in [0.15, 0.2) is 36.7 Å². The van der Waals surface area contributed by atoms with E-state index in [0.29, 0.717) is 16.2 Å². The molecule has 0 saturated heterocycles. The Balaban J connectivity index is 1.90. The molecule has 0 radical (unpaired) electrons. The molecule has 23 heavy (non-hydrogen) atoms. The molecule has 0 aliphatic heterocycles. The van der Waals surface area contributed by atoms with Gasteiger partial charge >= 0.3 is 0 Å². The van der Waals surface area contributed by atoms with Crippen molar-refractivity contribution >= 4 is 23.2 Å². The number of fused-ring (bicyclic) bond motifs is 1. The van der Waals surface area contributed by atoms with Gasteiger partial charge in [0.25, 0.3) is 5.91 Å². The molecule has 116 valence electrons. The van der Waals surface area contributed by atoms with Gasteiger partial charge in [-0.3, -0.25) is 4.79 Å². The predicted molar refractivity (Wildman–Crippen MR) is 83.9 cm³/mol. The number of hydrogen-bond acceptors (Lipinski definition) is 3. The second-order valence-electron chi connectivity index (χ2n) is 5.52. The van der Waals surface area contributed by atoms with Crippen LogP contribution in [0.5, 0.6) is 0 Å². The fourth-order valence-electron chi connectivity index (χ4n) is 2.43. The summed E-state index contributed by atoms with van der Waals surface area (Å²) < 4.78 is 14.7. The van der Waals surface area contributed by atoms with Gasteiger partial charge in [0.15, 0.2) is 17.2 Å². The summed E-state index contributed by atoms with van der Waals surface area (Å²) in [6.07, 6.45) is 4.26. The van der Waals surface area contributed by atoms with Crippen molar-refractivity contribution in [1.29, 1.82) is 0 Å². The number of nitrogens with zero attached hydrogens (tertiary/aromatic N) is 3. The SMILES string of the molecule is O=C(NC1CC1)c1nn2cc(F)cnc2c1-c1ccc(Cl)cc1. The minimum absolute atomic E-state index is 0.204. The van der Waals surface area contributed by atoms with Crippen LogP contribution in [0, 0.1) is 5.82 Å². The van der Waals surface area contributed by atoms with E-state index >= 15 is 0 Å². The van der Waals surface area contributed by atoms with E-state index in [4.69, 9.17) is 11.6 Å². The van der Waals surface area contributed by atoms with Gasteiger partial charge in [-0.15, -0.1) is 0 Å². The molecule has 7 heteroatoms. The molecule has 1 fully saturated rings. The minimum Gasteiger partial charge on any atom is -0.348 e. The van der Waals surface area contributed by atoms with Crippen molar-refractivity contribution in [3.8, 4) is 11.1 Å². The molecule has 1 saturated carbocycles. The number of aromatic nitrogens is 3. The molecule has 3 aromatic rings. The third kappa shape index (κ3) is 2.66. The van der Waals surface area contributed by atoms with E-state index in [9.17, 15) is 9.18 Å². The summed E-state index contributed by atoms with van der Waals surface area (Å²) >= 11 is 5.93. The van der Waals surface area contributed by atoms with Gasteiger partial charge in [-0.05, 0) is 30.5 Å². The van der Waals surface area contributed by atoms with Gasteiger partial charge in [0.1, 0.15) is 0 Å². The zero-order valence-electron chi connectivity index (χ0n) is 12.0. The van der Waals surface area contributed by atoms with Crippen LogP contribution < -0.4 is 5.32 Å². The molecule has 0 spiro atoms. The fourth-order valence-corrected chi connectivity index (χ4v) is 2.56. The number of carbonyl (C=O) groups excluding carboxylic acids is 1. The van der Waals surface area contributed by atoms with E-state index in [0.717, 1.165) is 24.6 Å². The van der Waals surface area contributed by atoms with Crippen LogP contribution in [-0.2, 0) is 0 Å². The Bertz CT molecular complexity index is 902. The summed E-state index contributed by atoms with van der Waals surface area (Å²) in [5.74, 6) is -0.792. The van der Waals surface area contributed by atoms with Crippen LogP contribution in [-0.4, -0.2) is 26.5 Å². The lowest BCUT2D eigenvalue weighted by Crippen LogP contribution is -2.26. The van der Waals surface area contributed by atoms with Crippen molar-refractivity contribution in [2.24, 2.45) is 0 Å². The molecule has 1 N–H and O–H groups in total. The summed E-state index contributed by atoms with van der Waals surface area (Å²) in [5, 5.41) is 7.72. The van der Waals surface area contributed by atoms with Crippen molar-refractivity contribution in [3.05, 3.63) is 53.2 Å². The van der Waals surface area contributed by atoms with E-state index in [1.807, 2.05) is 0 Å². The van der Waals surface area contributed by atoms with Crippen molar-refractivity contribution in [3.63, 3.8) is 0 Å². The van der Waals surface area contributed by atoms with Gasteiger partial charge < -0.3 is 5.32 Å². The van der Waals surface area contributed by atoms with Gasteiger partial charge in [0.05, 0.1) is 18.0 Å². The van der Waals surface area contributed by atoms with Crippen LogP contribution in [0.3, 0.4) is 0 Å². The maximum absolute atomic E-state index is 13.4. The molecule has 5 nitrogen and oxygen atoms in total. The highest BCUT2D eigenvalue weighted by atomic mass is 35.5. The molecule has 4 rings (SSSR count). The largest absolute Gasteiger partial charge is 0.348 e. The Labute approximate surface area is 136 Å². The quantitative estimate of drug-likeness (QED) is 0.803. The first-order valence-corrected chi connectivity index (χ1v) is 7.60. The Kier molecular flexibility index (Phi) is 3.27.